The van der Waals surface area contributed by atoms with Gasteiger partial charge < -0.3 is 15.8 Å². The number of nitrogens with one attached hydrogen (secondary N) is 1. The first-order valence-electron chi connectivity index (χ1n) is 7.92. The summed E-state index contributed by atoms with van der Waals surface area (Å²) in [5.74, 6) is 0.0990. The van der Waals surface area contributed by atoms with E-state index < -0.39 is 0 Å². The van der Waals surface area contributed by atoms with Crippen molar-refractivity contribution in [1.82, 2.24) is 5.32 Å². The molecule has 0 radical (unpaired) electrons. The van der Waals surface area contributed by atoms with Crippen LogP contribution in [0.5, 0.6) is 0 Å². The average molecular weight is 311 g/mol. The van der Waals surface area contributed by atoms with Crippen molar-refractivity contribution in [3.8, 4) is 0 Å². The summed E-state index contributed by atoms with van der Waals surface area (Å²) in [6, 6.07) is 6.11. The highest BCUT2D eigenvalue weighted by Gasteiger charge is 2.17. The minimum Gasteiger partial charge on any atom is -0.463 e. The van der Waals surface area contributed by atoms with Gasteiger partial charge in [-0.3, -0.25) is 0 Å². The van der Waals surface area contributed by atoms with Gasteiger partial charge in [0, 0.05) is 24.1 Å². The van der Waals surface area contributed by atoms with Crippen LogP contribution >= 0.6 is 0 Å². The normalized spacial score (nSPS) is 17.3. The summed E-state index contributed by atoms with van der Waals surface area (Å²) in [6.45, 7) is 4.02. The Labute approximate surface area is 135 Å². The van der Waals surface area contributed by atoms with Gasteiger partial charge in [-0.1, -0.05) is 12.1 Å². The molecule has 0 aromatic heterocycles. The van der Waals surface area contributed by atoms with Crippen molar-refractivity contribution in [2.24, 2.45) is 10.7 Å². The quantitative estimate of drug-likeness (QED) is 0.840. The van der Waals surface area contributed by atoms with Crippen LogP contribution in [0.3, 0.4) is 0 Å². The molecule has 120 valence electrons. The Morgan fingerprint density at radius 3 is 3.04 bits per heavy atom. The lowest BCUT2D eigenvalue weighted by Crippen LogP contribution is -2.20. The molecule has 1 aromatic rings. The Morgan fingerprint density at radius 2 is 2.30 bits per heavy atom. The number of rotatable bonds is 3. The van der Waals surface area contributed by atoms with Gasteiger partial charge in [0.05, 0.1) is 12.3 Å². The molecule has 0 spiro atoms. The molecule has 3 N–H and O–H groups in total. The molecule has 0 fully saturated rings. The third-order valence-corrected chi connectivity index (χ3v) is 3.97. The van der Waals surface area contributed by atoms with Gasteiger partial charge >= 0.3 is 5.97 Å². The monoisotopic (exact) mass is 311 g/mol. The van der Waals surface area contributed by atoms with E-state index >= 15 is 0 Å². The lowest BCUT2D eigenvalue weighted by molar-refractivity contribution is -0.138. The standard InChI is InChI=1S/C18H21N3O2/c1-2-23-18(22)15-10-14-9-13(12-5-7-20-8-6-12)3-4-16(14)21-17(19)11-15/h3-5,9-10,20H,2,6-8,11H2,1H3,(H2,19,21). The summed E-state index contributed by atoms with van der Waals surface area (Å²) in [4.78, 5) is 16.5. The van der Waals surface area contributed by atoms with E-state index in [0.717, 1.165) is 30.8 Å². The van der Waals surface area contributed by atoms with E-state index in [1.807, 2.05) is 12.1 Å². The third-order valence-electron chi connectivity index (χ3n) is 3.97. The molecule has 0 bridgehead atoms. The first kappa shape index (κ1) is 15.5. The Morgan fingerprint density at radius 1 is 1.43 bits per heavy atom. The van der Waals surface area contributed by atoms with Gasteiger partial charge in [-0.2, -0.15) is 0 Å². The number of amidine groups is 1. The maximum absolute atomic E-state index is 12.1. The fourth-order valence-electron chi connectivity index (χ4n) is 2.84. The lowest BCUT2D eigenvalue weighted by atomic mass is 9.97. The minimum atomic E-state index is -0.329. The lowest BCUT2D eigenvalue weighted by Gasteiger charge is -2.15. The first-order chi connectivity index (χ1) is 11.2. The van der Waals surface area contributed by atoms with Crippen LogP contribution in [-0.2, 0) is 9.53 Å². The molecule has 1 aromatic carbocycles. The number of ether oxygens (including phenoxy) is 1. The summed E-state index contributed by atoms with van der Waals surface area (Å²) in [5.41, 5.74) is 10.7. The number of esters is 1. The van der Waals surface area contributed by atoms with E-state index in [1.165, 1.54) is 11.1 Å². The van der Waals surface area contributed by atoms with Gasteiger partial charge in [-0.15, -0.1) is 0 Å². The highest BCUT2D eigenvalue weighted by molar-refractivity contribution is 6.03. The predicted molar refractivity (Wildman–Crippen MR) is 92.4 cm³/mol. The molecule has 2 heterocycles. The maximum Gasteiger partial charge on any atom is 0.334 e. The number of carbonyl (C=O) groups is 1. The van der Waals surface area contributed by atoms with Crippen molar-refractivity contribution in [1.29, 1.82) is 0 Å². The molecule has 3 rings (SSSR count). The smallest absolute Gasteiger partial charge is 0.334 e. The summed E-state index contributed by atoms with van der Waals surface area (Å²) in [7, 11) is 0. The van der Waals surface area contributed by atoms with E-state index in [4.69, 9.17) is 10.5 Å². The van der Waals surface area contributed by atoms with Crippen LogP contribution in [0.2, 0.25) is 0 Å². The second-order valence-corrected chi connectivity index (χ2v) is 5.63. The van der Waals surface area contributed by atoms with Crippen molar-refractivity contribution < 1.29 is 9.53 Å². The Kier molecular flexibility index (Phi) is 4.57. The van der Waals surface area contributed by atoms with Crippen LogP contribution in [0.1, 0.15) is 30.9 Å². The molecule has 0 unspecified atom stereocenters. The third kappa shape index (κ3) is 3.51. The fraction of sp³-hybridized carbons (Fsp3) is 0.333. The van der Waals surface area contributed by atoms with Crippen molar-refractivity contribution in [2.75, 3.05) is 19.7 Å². The van der Waals surface area contributed by atoms with Gasteiger partial charge in [0.2, 0.25) is 0 Å². The zero-order valence-corrected chi connectivity index (χ0v) is 13.3. The first-order valence-corrected chi connectivity index (χ1v) is 7.92. The summed E-state index contributed by atoms with van der Waals surface area (Å²) in [6.07, 6.45) is 5.37. The number of nitrogens with zero attached hydrogens (tertiary/aromatic N) is 1. The largest absolute Gasteiger partial charge is 0.463 e. The van der Waals surface area contributed by atoms with Gasteiger partial charge in [-0.05, 0) is 49.2 Å². The van der Waals surface area contributed by atoms with Crippen molar-refractivity contribution in [2.45, 2.75) is 19.8 Å². The van der Waals surface area contributed by atoms with Crippen LogP contribution in [-0.4, -0.2) is 31.5 Å². The summed E-state index contributed by atoms with van der Waals surface area (Å²) >= 11 is 0. The van der Waals surface area contributed by atoms with Crippen LogP contribution in [0, 0.1) is 0 Å². The van der Waals surface area contributed by atoms with Crippen LogP contribution in [0.15, 0.2) is 34.8 Å². The molecular weight excluding hydrogens is 290 g/mol. The number of aliphatic imine (C=N–C) groups is 1. The molecule has 5 heteroatoms. The molecule has 23 heavy (non-hydrogen) atoms. The highest BCUT2D eigenvalue weighted by atomic mass is 16.5. The second kappa shape index (κ2) is 6.79. The Hall–Kier alpha value is -2.40. The number of hydrogen-bond donors (Lipinski definition) is 2. The van der Waals surface area contributed by atoms with Gasteiger partial charge in [0.15, 0.2) is 0 Å². The Bertz CT molecular complexity index is 717. The highest BCUT2D eigenvalue weighted by Crippen LogP contribution is 2.31. The number of hydrogen-bond acceptors (Lipinski definition) is 5. The number of fused-ring (bicyclic) bond motifs is 1. The molecule has 0 saturated heterocycles. The Balaban J connectivity index is 2.00. The molecule has 2 aliphatic heterocycles. The van der Waals surface area contributed by atoms with Gasteiger partial charge in [0.1, 0.15) is 5.84 Å². The molecule has 0 atom stereocenters. The predicted octanol–water partition coefficient (Wildman–Crippen LogP) is 2.40. The van der Waals surface area contributed by atoms with Gasteiger partial charge in [-0.25, -0.2) is 9.79 Å². The second-order valence-electron chi connectivity index (χ2n) is 5.63. The maximum atomic E-state index is 12.1. The fourth-order valence-corrected chi connectivity index (χ4v) is 2.84. The van der Waals surface area contributed by atoms with Crippen LogP contribution < -0.4 is 11.1 Å². The van der Waals surface area contributed by atoms with Crippen molar-refractivity contribution in [3.63, 3.8) is 0 Å². The summed E-state index contributed by atoms with van der Waals surface area (Å²) < 4.78 is 5.11. The van der Waals surface area contributed by atoms with E-state index in [2.05, 4.69) is 28.5 Å². The van der Waals surface area contributed by atoms with E-state index in [-0.39, 0.29) is 5.97 Å². The number of nitrogens with two attached hydrogens (primary N) is 1. The number of carbonyl (C=O) groups excluding carboxylic acids is 1. The zero-order valence-electron chi connectivity index (χ0n) is 13.3. The molecular formula is C18H21N3O2. The van der Waals surface area contributed by atoms with Crippen molar-refractivity contribution >= 4 is 29.1 Å². The van der Waals surface area contributed by atoms with Crippen LogP contribution in [0.25, 0.3) is 11.6 Å². The SMILES string of the molecule is CCOC(=O)C1=Cc2cc(C3=CCNCC3)ccc2N=C(N)C1. The molecule has 0 aliphatic carbocycles. The van der Waals surface area contributed by atoms with Crippen molar-refractivity contribution in [3.05, 3.63) is 41.0 Å². The molecule has 0 amide bonds. The molecule has 5 nitrogen and oxygen atoms in total. The van der Waals surface area contributed by atoms with E-state index in [9.17, 15) is 4.79 Å². The topological polar surface area (TPSA) is 76.7 Å². The average Bonchev–Trinajstić information content (AvgIpc) is 2.73. The van der Waals surface area contributed by atoms with Gasteiger partial charge in [0.25, 0.3) is 0 Å². The zero-order chi connectivity index (χ0) is 16.2. The minimum absolute atomic E-state index is 0.315. The van der Waals surface area contributed by atoms with E-state index in [0.29, 0.717) is 24.4 Å². The van der Waals surface area contributed by atoms with E-state index in [1.54, 1.807) is 6.92 Å². The number of benzene rings is 1. The summed E-state index contributed by atoms with van der Waals surface area (Å²) in [5, 5.41) is 3.31. The van der Waals surface area contributed by atoms with Crippen LogP contribution in [0.4, 0.5) is 5.69 Å². The molecule has 0 saturated carbocycles. The molecule has 2 aliphatic rings.